The van der Waals surface area contributed by atoms with Crippen molar-refractivity contribution < 1.29 is 9.59 Å². The first-order valence-electron chi connectivity index (χ1n) is 7.54. The van der Waals surface area contributed by atoms with Crippen LogP contribution in [0.1, 0.15) is 44.9 Å². The Bertz CT molecular complexity index is 564. The van der Waals surface area contributed by atoms with Crippen molar-refractivity contribution in [2.45, 2.75) is 44.9 Å². The standard InChI is InChI=1S/C16H20ClN3O2/c17-13-8-4-5-9-14(13)18-15(21)10-11-16(22)20-19-12-6-2-1-3-7-12/h4-5,8-9H,1-3,6-7,10-11H2,(H,18,21)(H,20,22). The first-order chi connectivity index (χ1) is 10.6. The predicted molar refractivity (Wildman–Crippen MR) is 88.0 cm³/mol. The van der Waals surface area contributed by atoms with E-state index in [1.165, 1.54) is 6.42 Å². The minimum atomic E-state index is -0.243. The zero-order valence-electron chi connectivity index (χ0n) is 12.4. The van der Waals surface area contributed by atoms with Crippen LogP contribution in [0.15, 0.2) is 29.4 Å². The van der Waals surface area contributed by atoms with Crippen molar-refractivity contribution in [2.75, 3.05) is 5.32 Å². The molecule has 1 aromatic rings. The van der Waals surface area contributed by atoms with E-state index in [2.05, 4.69) is 15.8 Å². The zero-order chi connectivity index (χ0) is 15.8. The zero-order valence-corrected chi connectivity index (χ0v) is 13.2. The van der Waals surface area contributed by atoms with Gasteiger partial charge in [0.15, 0.2) is 0 Å². The third kappa shape index (κ3) is 5.48. The number of carbonyl (C=O) groups excluding carboxylic acids is 2. The van der Waals surface area contributed by atoms with Gasteiger partial charge in [0.25, 0.3) is 0 Å². The van der Waals surface area contributed by atoms with Crippen LogP contribution in [0.2, 0.25) is 5.02 Å². The molecule has 22 heavy (non-hydrogen) atoms. The molecule has 2 amide bonds. The molecule has 0 atom stereocenters. The third-order valence-corrected chi connectivity index (χ3v) is 3.83. The van der Waals surface area contributed by atoms with Gasteiger partial charge < -0.3 is 5.32 Å². The quantitative estimate of drug-likeness (QED) is 0.815. The van der Waals surface area contributed by atoms with Crippen LogP contribution in [0, 0.1) is 0 Å². The van der Waals surface area contributed by atoms with Gasteiger partial charge in [0.1, 0.15) is 0 Å². The number of hydrogen-bond donors (Lipinski definition) is 2. The minimum absolute atomic E-state index is 0.0991. The Balaban J connectivity index is 1.71. The Morgan fingerprint density at radius 3 is 2.45 bits per heavy atom. The lowest BCUT2D eigenvalue weighted by atomic mass is 9.99. The Morgan fingerprint density at radius 1 is 1.05 bits per heavy atom. The van der Waals surface area contributed by atoms with Gasteiger partial charge in [-0.05, 0) is 37.8 Å². The average molecular weight is 322 g/mol. The maximum Gasteiger partial charge on any atom is 0.240 e. The van der Waals surface area contributed by atoms with Crippen molar-refractivity contribution in [3.05, 3.63) is 29.3 Å². The number of nitrogens with one attached hydrogen (secondary N) is 2. The van der Waals surface area contributed by atoms with Gasteiger partial charge in [-0.1, -0.05) is 30.2 Å². The summed E-state index contributed by atoms with van der Waals surface area (Å²) >= 11 is 5.95. The first kappa shape index (κ1) is 16.5. The lowest BCUT2D eigenvalue weighted by Gasteiger charge is -2.12. The Labute approximate surface area is 135 Å². The largest absolute Gasteiger partial charge is 0.325 e. The van der Waals surface area contributed by atoms with Crippen LogP contribution in [0.5, 0.6) is 0 Å². The van der Waals surface area contributed by atoms with Crippen molar-refractivity contribution in [3.63, 3.8) is 0 Å². The molecule has 0 spiro atoms. The number of hydrazone groups is 1. The lowest BCUT2D eigenvalue weighted by Crippen LogP contribution is -2.22. The average Bonchev–Trinajstić information content (AvgIpc) is 2.54. The van der Waals surface area contributed by atoms with E-state index in [1.807, 2.05) is 0 Å². The fourth-order valence-electron chi connectivity index (χ4n) is 2.27. The summed E-state index contributed by atoms with van der Waals surface area (Å²) in [6.07, 6.45) is 5.61. The summed E-state index contributed by atoms with van der Waals surface area (Å²) in [7, 11) is 0. The van der Waals surface area contributed by atoms with Gasteiger partial charge in [-0.15, -0.1) is 0 Å². The molecule has 0 radical (unpaired) electrons. The van der Waals surface area contributed by atoms with Gasteiger partial charge in [-0.2, -0.15) is 5.10 Å². The summed E-state index contributed by atoms with van der Waals surface area (Å²) in [5.74, 6) is -0.485. The van der Waals surface area contributed by atoms with Crippen LogP contribution in [0.25, 0.3) is 0 Å². The third-order valence-electron chi connectivity index (χ3n) is 3.50. The van der Waals surface area contributed by atoms with Gasteiger partial charge in [-0.3, -0.25) is 9.59 Å². The van der Waals surface area contributed by atoms with Crippen LogP contribution in [-0.2, 0) is 9.59 Å². The van der Waals surface area contributed by atoms with E-state index in [4.69, 9.17) is 11.6 Å². The van der Waals surface area contributed by atoms with Crippen LogP contribution < -0.4 is 10.7 Å². The van der Waals surface area contributed by atoms with E-state index in [1.54, 1.807) is 24.3 Å². The number of hydrogen-bond acceptors (Lipinski definition) is 3. The molecule has 2 N–H and O–H groups in total. The molecular weight excluding hydrogens is 302 g/mol. The molecule has 1 aliphatic rings. The molecule has 6 heteroatoms. The summed E-state index contributed by atoms with van der Waals surface area (Å²) in [4.78, 5) is 23.5. The molecule has 0 saturated heterocycles. The number of halogens is 1. The fourth-order valence-corrected chi connectivity index (χ4v) is 2.45. The fraction of sp³-hybridized carbons (Fsp3) is 0.438. The van der Waals surface area contributed by atoms with E-state index in [9.17, 15) is 9.59 Å². The second-order valence-electron chi connectivity index (χ2n) is 5.30. The number of anilines is 1. The molecule has 1 aromatic carbocycles. The minimum Gasteiger partial charge on any atom is -0.325 e. The Hall–Kier alpha value is -1.88. The van der Waals surface area contributed by atoms with Crippen LogP contribution >= 0.6 is 11.6 Å². The molecule has 118 valence electrons. The van der Waals surface area contributed by atoms with E-state index in [-0.39, 0.29) is 24.7 Å². The summed E-state index contributed by atoms with van der Waals surface area (Å²) in [6.45, 7) is 0. The number of para-hydroxylation sites is 1. The van der Waals surface area contributed by atoms with E-state index < -0.39 is 0 Å². The van der Waals surface area contributed by atoms with Crippen molar-refractivity contribution in [2.24, 2.45) is 5.10 Å². The molecule has 0 unspecified atom stereocenters. The maximum atomic E-state index is 11.8. The number of amides is 2. The number of rotatable bonds is 5. The molecule has 0 aliphatic heterocycles. The highest BCUT2D eigenvalue weighted by atomic mass is 35.5. The summed E-state index contributed by atoms with van der Waals surface area (Å²) in [6, 6.07) is 6.99. The van der Waals surface area contributed by atoms with Crippen LogP contribution in [0.4, 0.5) is 5.69 Å². The molecule has 2 rings (SSSR count). The summed E-state index contributed by atoms with van der Waals surface area (Å²) in [5.41, 5.74) is 4.12. The van der Waals surface area contributed by atoms with Gasteiger partial charge in [0.2, 0.25) is 11.8 Å². The molecule has 0 heterocycles. The lowest BCUT2D eigenvalue weighted by molar-refractivity contribution is -0.124. The highest BCUT2D eigenvalue weighted by Gasteiger charge is 2.10. The molecule has 0 aromatic heterocycles. The SMILES string of the molecule is O=C(CCC(=O)Nc1ccccc1Cl)NN=C1CCCCC1. The van der Waals surface area contributed by atoms with Crippen molar-refractivity contribution in [3.8, 4) is 0 Å². The topological polar surface area (TPSA) is 70.6 Å². The highest BCUT2D eigenvalue weighted by molar-refractivity contribution is 6.33. The van der Waals surface area contributed by atoms with Crippen LogP contribution in [-0.4, -0.2) is 17.5 Å². The molecule has 0 bridgehead atoms. The summed E-state index contributed by atoms with van der Waals surface area (Å²) < 4.78 is 0. The van der Waals surface area contributed by atoms with Crippen LogP contribution in [0.3, 0.4) is 0 Å². The molecule has 1 fully saturated rings. The highest BCUT2D eigenvalue weighted by Crippen LogP contribution is 2.20. The molecule has 1 aliphatic carbocycles. The van der Waals surface area contributed by atoms with E-state index in [0.29, 0.717) is 10.7 Å². The number of carbonyl (C=O) groups is 2. The normalized spacial score (nSPS) is 14.3. The van der Waals surface area contributed by atoms with Gasteiger partial charge in [0.05, 0.1) is 10.7 Å². The van der Waals surface area contributed by atoms with Gasteiger partial charge >= 0.3 is 0 Å². The number of benzene rings is 1. The maximum absolute atomic E-state index is 11.8. The monoisotopic (exact) mass is 321 g/mol. The van der Waals surface area contributed by atoms with Gasteiger partial charge in [-0.25, -0.2) is 5.43 Å². The first-order valence-corrected chi connectivity index (χ1v) is 7.91. The van der Waals surface area contributed by atoms with Crippen molar-refractivity contribution in [1.82, 2.24) is 5.43 Å². The van der Waals surface area contributed by atoms with Gasteiger partial charge in [0, 0.05) is 18.6 Å². The molecule has 5 nitrogen and oxygen atoms in total. The van der Waals surface area contributed by atoms with E-state index >= 15 is 0 Å². The second kappa shape index (κ2) is 8.54. The Kier molecular flexibility index (Phi) is 6.40. The molecule has 1 saturated carbocycles. The van der Waals surface area contributed by atoms with E-state index in [0.717, 1.165) is 31.4 Å². The smallest absolute Gasteiger partial charge is 0.240 e. The number of nitrogens with zero attached hydrogens (tertiary/aromatic N) is 1. The Morgan fingerprint density at radius 2 is 1.73 bits per heavy atom. The second-order valence-corrected chi connectivity index (χ2v) is 5.71. The predicted octanol–water partition coefficient (Wildman–Crippen LogP) is 3.50. The van der Waals surface area contributed by atoms with Crippen molar-refractivity contribution >= 4 is 34.8 Å². The summed E-state index contributed by atoms with van der Waals surface area (Å²) in [5, 5.41) is 7.28. The van der Waals surface area contributed by atoms with Crippen molar-refractivity contribution in [1.29, 1.82) is 0 Å². The molecular formula is C16H20ClN3O2.